The molecule has 246 valence electrons. The molecule has 0 saturated carbocycles. The van der Waals surface area contributed by atoms with Gasteiger partial charge in [0.15, 0.2) is 0 Å². The lowest BCUT2D eigenvalue weighted by molar-refractivity contribution is -0.123. The number of phosphoric acid groups is 1. The molecule has 0 radical (unpaired) electrons. The maximum Gasteiger partial charge on any atom is 0.472 e. The Morgan fingerprint density at radius 2 is 1.12 bits per heavy atom. The Morgan fingerprint density at radius 3 is 1.56 bits per heavy atom. The highest BCUT2D eigenvalue weighted by Gasteiger charge is 2.27. The van der Waals surface area contributed by atoms with E-state index in [4.69, 9.17) is 14.8 Å². The molecule has 0 bridgehead atoms. The number of hydrogen-bond donors (Lipinski definition) is 4. The molecule has 1 unspecified atom stereocenters. The number of unbranched alkanes of at least 4 members (excludes halogenated alkanes) is 20. The SMILES string of the molecule is CCCCCCCCCCCCCCC(=O)N[C@@H](COP(=O)(O)OCCN)[C@H](O)CCCCCCCCCCCC. The molecule has 0 aromatic heterocycles. The fourth-order valence-electron chi connectivity index (χ4n) is 5.08. The molecule has 1 amide bonds. The minimum atomic E-state index is -4.29. The summed E-state index contributed by atoms with van der Waals surface area (Å²) in [7, 11) is -4.29. The Hall–Kier alpha value is -0.500. The largest absolute Gasteiger partial charge is 0.472 e. The van der Waals surface area contributed by atoms with Crippen LogP contribution < -0.4 is 11.1 Å². The molecular weight excluding hydrogens is 539 g/mol. The molecule has 0 aromatic carbocycles. The maximum atomic E-state index is 12.6. The van der Waals surface area contributed by atoms with Gasteiger partial charge in [-0.1, -0.05) is 149 Å². The smallest absolute Gasteiger partial charge is 0.391 e. The van der Waals surface area contributed by atoms with Gasteiger partial charge in [-0.05, 0) is 12.8 Å². The highest BCUT2D eigenvalue weighted by atomic mass is 31.2. The first-order chi connectivity index (χ1) is 19.9. The molecule has 0 heterocycles. The molecule has 5 N–H and O–H groups in total. The van der Waals surface area contributed by atoms with E-state index in [1.54, 1.807) is 0 Å². The minimum Gasteiger partial charge on any atom is -0.391 e. The van der Waals surface area contributed by atoms with Crippen LogP contribution in [0.2, 0.25) is 0 Å². The Kier molecular flexibility index (Phi) is 29.2. The number of nitrogens with two attached hydrogens (primary N) is 1. The van der Waals surface area contributed by atoms with Crippen molar-refractivity contribution in [3.05, 3.63) is 0 Å². The molecule has 0 aromatic rings. The number of carbonyl (C=O) groups is 1. The normalized spacial score (nSPS) is 14.6. The summed E-state index contributed by atoms with van der Waals surface area (Å²) >= 11 is 0. The molecule has 0 rings (SSSR count). The van der Waals surface area contributed by atoms with Crippen LogP contribution >= 0.6 is 7.82 Å². The van der Waals surface area contributed by atoms with E-state index < -0.39 is 20.0 Å². The average molecular weight is 607 g/mol. The number of aliphatic hydroxyl groups is 1. The predicted molar refractivity (Wildman–Crippen MR) is 171 cm³/mol. The first kappa shape index (κ1) is 40.5. The van der Waals surface area contributed by atoms with Crippen LogP contribution in [0.15, 0.2) is 0 Å². The van der Waals surface area contributed by atoms with E-state index in [2.05, 4.69) is 19.2 Å². The third kappa shape index (κ3) is 28.1. The number of aliphatic hydroxyl groups excluding tert-OH is 1. The molecule has 0 aliphatic heterocycles. The number of hydrogen-bond acceptors (Lipinski definition) is 6. The van der Waals surface area contributed by atoms with Crippen LogP contribution in [0.3, 0.4) is 0 Å². The quantitative estimate of drug-likeness (QED) is 0.0447. The zero-order valence-electron chi connectivity index (χ0n) is 26.8. The lowest BCUT2D eigenvalue weighted by atomic mass is 10.0. The Morgan fingerprint density at radius 1 is 0.707 bits per heavy atom. The van der Waals surface area contributed by atoms with Crippen LogP contribution in [0.4, 0.5) is 0 Å². The van der Waals surface area contributed by atoms with Crippen LogP contribution in [-0.4, -0.2) is 47.8 Å². The van der Waals surface area contributed by atoms with Crippen molar-refractivity contribution in [1.29, 1.82) is 0 Å². The lowest BCUT2D eigenvalue weighted by Crippen LogP contribution is -2.46. The number of amides is 1. The molecule has 41 heavy (non-hydrogen) atoms. The number of rotatable bonds is 32. The molecule has 3 atom stereocenters. The third-order valence-electron chi connectivity index (χ3n) is 7.71. The zero-order chi connectivity index (χ0) is 30.4. The van der Waals surface area contributed by atoms with Gasteiger partial charge in [-0.2, -0.15) is 0 Å². The second kappa shape index (κ2) is 29.6. The first-order valence-electron chi connectivity index (χ1n) is 17.2. The predicted octanol–water partition coefficient (Wildman–Crippen LogP) is 8.33. The molecule has 0 fully saturated rings. The standard InChI is InChI=1S/C32H67N2O6P/c1-3-5-7-9-11-13-15-16-18-20-22-24-26-32(36)34-30(29-40-41(37,38)39-28-27-33)31(35)25-23-21-19-17-14-12-10-8-6-4-2/h30-31,35H,3-29,33H2,1-2H3,(H,34,36)(H,37,38)/t30-,31+/m0/s1. The molecular formula is C32H67N2O6P. The molecule has 8 nitrogen and oxygen atoms in total. The van der Waals surface area contributed by atoms with Crippen LogP contribution in [0, 0.1) is 0 Å². The van der Waals surface area contributed by atoms with Crippen molar-refractivity contribution in [3.63, 3.8) is 0 Å². The summed E-state index contributed by atoms with van der Waals surface area (Å²) in [6, 6.07) is -0.764. The van der Waals surface area contributed by atoms with E-state index >= 15 is 0 Å². The Balaban J connectivity index is 4.29. The molecule has 0 aliphatic carbocycles. The first-order valence-corrected chi connectivity index (χ1v) is 18.6. The van der Waals surface area contributed by atoms with Crippen molar-refractivity contribution in [1.82, 2.24) is 5.32 Å². The third-order valence-corrected chi connectivity index (χ3v) is 8.70. The van der Waals surface area contributed by atoms with Gasteiger partial charge in [0.05, 0.1) is 25.4 Å². The summed E-state index contributed by atoms with van der Waals surface area (Å²) < 4.78 is 22.0. The van der Waals surface area contributed by atoms with Gasteiger partial charge in [0.1, 0.15) is 0 Å². The highest BCUT2D eigenvalue weighted by molar-refractivity contribution is 7.47. The van der Waals surface area contributed by atoms with E-state index in [0.29, 0.717) is 12.8 Å². The van der Waals surface area contributed by atoms with Crippen molar-refractivity contribution in [2.45, 2.75) is 180 Å². The van der Waals surface area contributed by atoms with Crippen LogP contribution in [-0.2, 0) is 18.4 Å². The fraction of sp³-hybridized carbons (Fsp3) is 0.969. The summed E-state index contributed by atoms with van der Waals surface area (Å²) in [5.41, 5.74) is 5.34. The highest BCUT2D eigenvalue weighted by Crippen LogP contribution is 2.43. The van der Waals surface area contributed by atoms with Crippen LogP contribution in [0.5, 0.6) is 0 Å². The zero-order valence-corrected chi connectivity index (χ0v) is 27.7. The van der Waals surface area contributed by atoms with Gasteiger partial charge in [-0.3, -0.25) is 13.8 Å². The van der Waals surface area contributed by atoms with E-state index in [1.807, 2.05) is 0 Å². The topological polar surface area (TPSA) is 131 Å². The number of nitrogens with one attached hydrogen (secondary N) is 1. The second-order valence-corrected chi connectivity index (χ2v) is 13.2. The summed E-state index contributed by atoms with van der Waals surface area (Å²) in [5, 5.41) is 13.6. The molecule has 0 saturated heterocycles. The fourth-order valence-corrected chi connectivity index (χ4v) is 5.84. The maximum absolute atomic E-state index is 12.6. The van der Waals surface area contributed by atoms with E-state index in [0.717, 1.165) is 38.5 Å². The average Bonchev–Trinajstić information content (AvgIpc) is 2.95. The Bertz CT molecular complexity index is 625. The van der Waals surface area contributed by atoms with Gasteiger partial charge in [0.25, 0.3) is 0 Å². The number of carbonyl (C=O) groups excluding carboxylic acids is 1. The Labute approximate surface area is 252 Å². The lowest BCUT2D eigenvalue weighted by Gasteiger charge is -2.25. The van der Waals surface area contributed by atoms with Crippen molar-refractivity contribution < 1.29 is 28.4 Å². The second-order valence-electron chi connectivity index (χ2n) is 11.7. The van der Waals surface area contributed by atoms with Gasteiger partial charge < -0.3 is 21.1 Å². The van der Waals surface area contributed by atoms with Crippen molar-refractivity contribution in [3.8, 4) is 0 Å². The van der Waals surface area contributed by atoms with Gasteiger partial charge >= 0.3 is 7.82 Å². The van der Waals surface area contributed by atoms with Gasteiger partial charge in [0.2, 0.25) is 5.91 Å². The summed E-state index contributed by atoms with van der Waals surface area (Å²) in [6.07, 6.45) is 26.7. The van der Waals surface area contributed by atoms with Gasteiger partial charge in [-0.15, -0.1) is 0 Å². The summed E-state index contributed by atoms with van der Waals surface area (Å²) in [4.78, 5) is 22.5. The van der Waals surface area contributed by atoms with Crippen molar-refractivity contribution >= 4 is 13.7 Å². The summed E-state index contributed by atoms with van der Waals surface area (Å²) in [5.74, 6) is -0.163. The van der Waals surface area contributed by atoms with E-state index in [1.165, 1.54) is 103 Å². The molecule has 0 spiro atoms. The van der Waals surface area contributed by atoms with Crippen molar-refractivity contribution in [2.75, 3.05) is 19.8 Å². The van der Waals surface area contributed by atoms with Gasteiger partial charge in [0, 0.05) is 13.0 Å². The van der Waals surface area contributed by atoms with E-state index in [-0.39, 0.29) is 25.7 Å². The molecule has 9 heteroatoms. The molecule has 0 aliphatic rings. The van der Waals surface area contributed by atoms with Crippen molar-refractivity contribution in [2.24, 2.45) is 5.73 Å². The van der Waals surface area contributed by atoms with Gasteiger partial charge in [-0.25, -0.2) is 4.57 Å². The van der Waals surface area contributed by atoms with Crippen LogP contribution in [0.25, 0.3) is 0 Å². The monoisotopic (exact) mass is 606 g/mol. The van der Waals surface area contributed by atoms with Crippen LogP contribution in [0.1, 0.15) is 168 Å². The summed E-state index contributed by atoms with van der Waals surface area (Å²) in [6.45, 7) is 4.17. The minimum absolute atomic E-state index is 0.0918. The number of phosphoric ester groups is 1. The van der Waals surface area contributed by atoms with E-state index in [9.17, 15) is 19.4 Å².